The van der Waals surface area contributed by atoms with Crippen LogP contribution in [0.2, 0.25) is 0 Å². The standard InChI is InChI=1S/C20H34N2O/c1-4-5-13-20(2,3)16-23-15-7-6-10-18-12-11-17-9-8-14-21-19(17)22-18/h11-12H,4-10,13-16H2,1-3H3,(H,21,22). The highest BCUT2D eigenvalue weighted by atomic mass is 16.5. The Bertz CT molecular complexity index is 471. The first-order chi connectivity index (χ1) is 11.1. The molecule has 0 aromatic carbocycles. The molecule has 1 aliphatic rings. The Kier molecular flexibility index (Phi) is 7.35. The number of pyridine rings is 1. The molecule has 3 nitrogen and oxygen atoms in total. The second-order valence-corrected chi connectivity index (χ2v) is 7.62. The monoisotopic (exact) mass is 318 g/mol. The molecule has 0 unspecified atom stereocenters. The van der Waals surface area contributed by atoms with E-state index >= 15 is 0 Å². The molecule has 23 heavy (non-hydrogen) atoms. The van der Waals surface area contributed by atoms with E-state index in [-0.39, 0.29) is 0 Å². The van der Waals surface area contributed by atoms with Gasteiger partial charge in [-0.3, -0.25) is 0 Å². The number of fused-ring (bicyclic) bond motifs is 1. The van der Waals surface area contributed by atoms with Crippen LogP contribution in [0.15, 0.2) is 12.1 Å². The van der Waals surface area contributed by atoms with Crippen LogP contribution in [-0.2, 0) is 17.6 Å². The molecule has 1 aliphatic heterocycles. The van der Waals surface area contributed by atoms with Gasteiger partial charge < -0.3 is 10.1 Å². The van der Waals surface area contributed by atoms with E-state index in [1.54, 1.807) is 0 Å². The Labute approximate surface area is 142 Å². The first-order valence-corrected chi connectivity index (χ1v) is 9.41. The lowest BCUT2D eigenvalue weighted by Crippen LogP contribution is -2.19. The number of rotatable bonds is 10. The molecule has 0 saturated heterocycles. The highest BCUT2D eigenvalue weighted by molar-refractivity contribution is 5.46. The molecule has 3 heteroatoms. The molecule has 130 valence electrons. The molecular formula is C20H34N2O. The van der Waals surface area contributed by atoms with Crippen LogP contribution < -0.4 is 5.32 Å². The average molecular weight is 319 g/mol. The third-order valence-electron chi connectivity index (χ3n) is 4.62. The summed E-state index contributed by atoms with van der Waals surface area (Å²) in [6.07, 6.45) is 9.54. The topological polar surface area (TPSA) is 34.1 Å². The number of anilines is 1. The molecule has 2 heterocycles. The molecular weight excluding hydrogens is 284 g/mol. The quantitative estimate of drug-likeness (QED) is 0.617. The number of hydrogen-bond donors (Lipinski definition) is 1. The minimum absolute atomic E-state index is 0.321. The Morgan fingerprint density at radius 1 is 1.22 bits per heavy atom. The van der Waals surface area contributed by atoms with Gasteiger partial charge in [0.2, 0.25) is 0 Å². The molecule has 0 bridgehead atoms. The van der Waals surface area contributed by atoms with Crippen molar-refractivity contribution in [1.29, 1.82) is 0 Å². The molecule has 0 atom stereocenters. The van der Waals surface area contributed by atoms with Crippen LogP contribution in [0.4, 0.5) is 5.82 Å². The fourth-order valence-electron chi connectivity index (χ4n) is 3.09. The van der Waals surface area contributed by atoms with Crippen molar-refractivity contribution < 1.29 is 4.74 Å². The first-order valence-electron chi connectivity index (χ1n) is 9.41. The van der Waals surface area contributed by atoms with Gasteiger partial charge in [0, 0.05) is 18.8 Å². The Hall–Kier alpha value is -1.09. The van der Waals surface area contributed by atoms with Gasteiger partial charge in [0.05, 0.1) is 6.61 Å². The molecule has 0 fully saturated rings. The summed E-state index contributed by atoms with van der Waals surface area (Å²) in [6, 6.07) is 4.44. The molecule has 2 rings (SSSR count). The summed E-state index contributed by atoms with van der Waals surface area (Å²) in [7, 11) is 0. The predicted molar refractivity (Wildman–Crippen MR) is 98.1 cm³/mol. The van der Waals surface area contributed by atoms with Crippen molar-refractivity contribution in [3.8, 4) is 0 Å². The molecule has 0 aliphatic carbocycles. The zero-order valence-corrected chi connectivity index (χ0v) is 15.3. The van der Waals surface area contributed by atoms with Crippen molar-refractivity contribution in [1.82, 2.24) is 4.98 Å². The summed E-state index contributed by atoms with van der Waals surface area (Å²) in [6.45, 7) is 9.69. The summed E-state index contributed by atoms with van der Waals surface area (Å²) in [4.78, 5) is 4.75. The number of ether oxygens (including phenoxy) is 1. The lowest BCUT2D eigenvalue weighted by molar-refractivity contribution is 0.0546. The third kappa shape index (κ3) is 6.50. The highest BCUT2D eigenvalue weighted by Gasteiger charge is 2.17. The van der Waals surface area contributed by atoms with Crippen LogP contribution >= 0.6 is 0 Å². The van der Waals surface area contributed by atoms with Gasteiger partial charge in [-0.05, 0) is 55.6 Å². The zero-order chi connectivity index (χ0) is 16.5. The predicted octanol–water partition coefficient (Wildman–Crippen LogP) is 5.00. The highest BCUT2D eigenvalue weighted by Crippen LogP contribution is 2.23. The van der Waals surface area contributed by atoms with E-state index in [0.29, 0.717) is 5.41 Å². The van der Waals surface area contributed by atoms with Gasteiger partial charge in [-0.15, -0.1) is 0 Å². The zero-order valence-electron chi connectivity index (χ0n) is 15.3. The van der Waals surface area contributed by atoms with Crippen molar-refractivity contribution in [3.63, 3.8) is 0 Å². The summed E-state index contributed by atoms with van der Waals surface area (Å²) in [5.74, 6) is 1.11. The van der Waals surface area contributed by atoms with E-state index < -0.39 is 0 Å². The summed E-state index contributed by atoms with van der Waals surface area (Å²) in [5, 5.41) is 3.41. The number of hydrogen-bond acceptors (Lipinski definition) is 3. The largest absolute Gasteiger partial charge is 0.381 e. The number of aryl methyl sites for hydroxylation is 2. The number of nitrogens with one attached hydrogen (secondary N) is 1. The van der Waals surface area contributed by atoms with Crippen molar-refractivity contribution in [3.05, 3.63) is 23.4 Å². The Morgan fingerprint density at radius 2 is 2.09 bits per heavy atom. The van der Waals surface area contributed by atoms with Crippen molar-refractivity contribution >= 4 is 5.82 Å². The number of nitrogens with zero attached hydrogens (tertiary/aromatic N) is 1. The van der Waals surface area contributed by atoms with Gasteiger partial charge >= 0.3 is 0 Å². The minimum atomic E-state index is 0.321. The van der Waals surface area contributed by atoms with E-state index in [9.17, 15) is 0 Å². The maximum atomic E-state index is 5.89. The Morgan fingerprint density at radius 3 is 2.91 bits per heavy atom. The lowest BCUT2D eigenvalue weighted by Gasteiger charge is -2.24. The van der Waals surface area contributed by atoms with Crippen LogP contribution in [0.5, 0.6) is 0 Å². The average Bonchev–Trinajstić information content (AvgIpc) is 2.56. The van der Waals surface area contributed by atoms with E-state index in [1.165, 1.54) is 36.9 Å². The minimum Gasteiger partial charge on any atom is -0.381 e. The summed E-state index contributed by atoms with van der Waals surface area (Å²) < 4.78 is 5.89. The fraction of sp³-hybridized carbons (Fsp3) is 0.750. The van der Waals surface area contributed by atoms with Crippen LogP contribution in [0, 0.1) is 5.41 Å². The molecule has 0 saturated carbocycles. The molecule has 0 spiro atoms. The fourth-order valence-corrected chi connectivity index (χ4v) is 3.09. The van der Waals surface area contributed by atoms with Crippen molar-refractivity contribution in [2.75, 3.05) is 25.1 Å². The van der Waals surface area contributed by atoms with Gasteiger partial charge in [-0.25, -0.2) is 4.98 Å². The summed E-state index contributed by atoms with van der Waals surface area (Å²) in [5.41, 5.74) is 2.90. The third-order valence-corrected chi connectivity index (χ3v) is 4.62. The van der Waals surface area contributed by atoms with E-state index in [2.05, 4.69) is 38.2 Å². The Balaban J connectivity index is 1.60. The van der Waals surface area contributed by atoms with E-state index in [0.717, 1.165) is 51.3 Å². The summed E-state index contributed by atoms with van der Waals surface area (Å²) >= 11 is 0. The van der Waals surface area contributed by atoms with Gasteiger partial charge in [0.15, 0.2) is 0 Å². The molecule has 0 amide bonds. The second-order valence-electron chi connectivity index (χ2n) is 7.62. The van der Waals surface area contributed by atoms with Crippen LogP contribution in [-0.4, -0.2) is 24.7 Å². The van der Waals surface area contributed by atoms with Gasteiger partial charge in [0.25, 0.3) is 0 Å². The smallest absolute Gasteiger partial charge is 0.129 e. The normalized spacial score (nSPS) is 14.4. The van der Waals surface area contributed by atoms with Gasteiger partial charge in [-0.2, -0.15) is 0 Å². The van der Waals surface area contributed by atoms with Crippen LogP contribution in [0.25, 0.3) is 0 Å². The maximum absolute atomic E-state index is 5.89. The van der Waals surface area contributed by atoms with Crippen molar-refractivity contribution in [2.45, 2.75) is 72.1 Å². The van der Waals surface area contributed by atoms with Crippen LogP contribution in [0.3, 0.4) is 0 Å². The second kappa shape index (κ2) is 9.27. The molecule has 0 radical (unpaired) electrons. The number of unbranched alkanes of at least 4 members (excludes halogenated alkanes) is 2. The van der Waals surface area contributed by atoms with Gasteiger partial charge in [-0.1, -0.05) is 39.7 Å². The van der Waals surface area contributed by atoms with Crippen molar-refractivity contribution in [2.24, 2.45) is 5.41 Å². The van der Waals surface area contributed by atoms with E-state index in [1.807, 2.05) is 0 Å². The molecule has 1 aromatic heterocycles. The van der Waals surface area contributed by atoms with Gasteiger partial charge in [0.1, 0.15) is 5.82 Å². The number of aromatic nitrogens is 1. The molecule has 1 N–H and O–H groups in total. The maximum Gasteiger partial charge on any atom is 0.129 e. The van der Waals surface area contributed by atoms with E-state index in [4.69, 9.17) is 9.72 Å². The van der Waals surface area contributed by atoms with Crippen LogP contribution in [0.1, 0.15) is 70.6 Å². The SMILES string of the molecule is CCCCC(C)(C)COCCCCc1ccc2c(n1)NCCC2. The first kappa shape index (κ1) is 18.3. The lowest BCUT2D eigenvalue weighted by atomic mass is 9.88. The molecule has 1 aromatic rings.